The maximum Gasteiger partial charge on any atom is 0.309 e. The van der Waals surface area contributed by atoms with Crippen LogP contribution in [-0.2, 0) is 20.7 Å². The van der Waals surface area contributed by atoms with Crippen LogP contribution in [0.25, 0.3) is 10.9 Å². The van der Waals surface area contributed by atoms with E-state index in [2.05, 4.69) is 10.2 Å². The number of pyridine rings is 1. The predicted molar refractivity (Wildman–Crippen MR) is 137 cm³/mol. The molecule has 0 radical (unpaired) electrons. The number of fused-ring (bicyclic) bond motifs is 1. The van der Waals surface area contributed by atoms with Crippen LogP contribution in [-0.4, -0.2) is 36.6 Å². The van der Waals surface area contributed by atoms with Crippen LogP contribution in [0.1, 0.15) is 31.7 Å². The van der Waals surface area contributed by atoms with E-state index in [1.165, 1.54) is 0 Å². The van der Waals surface area contributed by atoms with Crippen molar-refractivity contribution in [1.82, 2.24) is 4.98 Å². The summed E-state index contributed by atoms with van der Waals surface area (Å²) in [6.45, 7) is 3.71. The number of nitrogens with one attached hydrogen (secondary N) is 1. The van der Waals surface area contributed by atoms with E-state index in [4.69, 9.17) is 32.9 Å². The molecule has 1 aliphatic rings. The zero-order chi connectivity index (χ0) is 24.1. The summed E-state index contributed by atoms with van der Waals surface area (Å²) in [4.78, 5) is 31.6. The molecule has 2 aromatic carbocycles. The Morgan fingerprint density at radius 1 is 1.06 bits per heavy atom. The van der Waals surface area contributed by atoms with Gasteiger partial charge in [-0.1, -0.05) is 41.4 Å². The number of carbonyl (C=O) groups is 2. The minimum absolute atomic E-state index is 0.0527. The molecule has 3 aromatic rings. The summed E-state index contributed by atoms with van der Waals surface area (Å²) in [5.74, 6) is 0.536. The number of rotatable bonds is 7. The quantitative estimate of drug-likeness (QED) is 0.410. The van der Waals surface area contributed by atoms with Crippen molar-refractivity contribution < 1.29 is 14.3 Å². The van der Waals surface area contributed by atoms with Gasteiger partial charge in [-0.05, 0) is 62.1 Å². The van der Waals surface area contributed by atoms with Crippen LogP contribution in [0, 0.1) is 5.92 Å². The fraction of sp³-hybridized carbons (Fsp3) is 0.346. The summed E-state index contributed by atoms with van der Waals surface area (Å²) in [5.41, 5.74) is 2.24. The summed E-state index contributed by atoms with van der Waals surface area (Å²) in [6, 6.07) is 15.0. The first-order chi connectivity index (χ1) is 16.5. The number of benzene rings is 2. The second kappa shape index (κ2) is 11.1. The van der Waals surface area contributed by atoms with Crippen LogP contribution in [0.3, 0.4) is 0 Å². The number of esters is 1. The van der Waals surface area contributed by atoms with Crippen molar-refractivity contribution in [3.05, 3.63) is 64.1 Å². The van der Waals surface area contributed by atoms with E-state index in [0.717, 1.165) is 48.2 Å². The largest absolute Gasteiger partial charge is 0.466 e. The third kappa shape index (κ3) is 5.62. The van der Waals surface area contributed by atoms with Gasteiger partial charge in [-0.3, -0.25) is 9.59 Å². The second-order valence-electron chi connectivity index (χ2n) is 8.31. The lowest BCUT2D eigenvalue weighted by molar-refractivity contribution is -0.148. The summed E-state index contributed by atoms with van der Waals surface area (Å²) >= 11 is 12.6. The number of amides is 1. The first kappa shape index (κ1) is 24.3. The molecule has 0 saturated carbocycles. The van der Waals surface area contributed by atoms with Gasteiger partial charge in [0.25, 0.3) is 0 Å². The molecule has 0 aliphatic carbocycles. The lowest BCUT2D eigenvalue weighted by atomic mass is 9.97. The van der Waals surface area contributed by atoms with Gasteiger partial charge < -0.3 is 15.0 Å². The van der Waals surface area contributed by atoms with Gasteiger partial charge in [0, 0.05) is 29.9 Å². The molecule has 1 amide bonds. The number of hydrogen-bond acceptors (Lipinski definition) is 5. The zero-order valence-electron chi connectivity index (χ0n) is 19.0. The number of hydrogen-bond donors (Lipinski definition) is 1. The zero-order valence-corrected chi connectivity index (χ0v) is 20.5. The SMILES string of the molecule is CCOC(=O)C1CCN(c2ccc3c(NC(=O)CCc4ccccc4Cl)c(Cl)ccc3n2)CC1. The number of halogens is 2. The number of nitrogens with zero attached hydrogens (tertiary/aromatic N) is 2. The molecule has 6 nitrogen and oxygen atoms in total. The number of carbonyl (C=O) groups excluding carboxylic acids is 2. The Morgan fingerprint density at radius 2 is 1.82 bits per heavy atom. The van der Waals surface area contributed by atoms with E-state index >= 15 is 0 Å². The monoisotopic (exact) mass is 499 g/mol. The van der Waals surface area contributed by atoms with Crippen LogP contribution in [0.4, 0.5) is 11.5 Å². The van der Waals surface area contributed by atoms with Gasteiger partial charge in [0.2, 0.25) is 5.91 Å². The molecule has 1 saturated heterocycles. The van der Waals surface area contributed by atoms with E-state index in [1.54, 1.807) is 6.07 Å². The molecular formula is C26H27Cl2N3O3. The molecule has 2 heterocycles. The second-order valence-corrected chi connectivity index (χ2v) is 9.13. The Hall–Kier alpha value is -2.83. The maximum absolute atomic E-state index is 12.7. The molecule has 0 atom stereocenters. The Bertz CT molecular complexity index is 1190. The third-order valence-electron chi connectivity index (χ3n) is 6.09. The van der Waals surface area contributed by atoms with Crippen LogP contribution < -0.4 is 10.2 Å². The Kier molecular flexibility index (Phi) is 7.91. The molecule has 1 aromatic heterocycles. The van der Waals surface area contributed by atoms with Crippen molar-refractivity contribution in [3.8, 4) is 0 Å². The van der Waals surface area contributed by atoms with E-state index < -0.39 is 0 Å². The third-order valence-corrected chi connectivity index (χ3v) is 6.77. The first-order valence-corrected chi connectivity index (χ1v) is 12.3. The topological polar surface area (TPSA) is 71.5 Å². The summed E-state index contributed by atoms with van der Waals surface area (Å²) in [6.07, 6.45) is 2.31. The van der Waals surface area contributed by atoms with Crippen molar-refractivity contribution in [3.63, 3.8) is 0 Å². The average molecular weight is 500 g/mol. The molecule has 0 spiro atoms. The van der Waals surface area contributed by atoms with Crippen LogP contribution in [0.15, 0.2) is 48.5 Å². The first-order valence-electron chi connectivity index (χ1n) is 11.5. The highest BCUT2D eigenvalue weighted by Gasteiger charge is 2.26. The number of anilines is 2. The van der Waals surface area contributed by atoms with Crippen molar-refractivity contribution >= 4 is 57.5 Å². The van der Waals surface area contributed by atoms with E-state index in [9.17, 15) is 9.59 Å². The van der Waals surface area contributed by atoms with Crippen molar-refractivity contribution in [2.24, 2.45) is 5.92 Å². The van der Waals surface area contributed by atoms with E-state index in [-0.39, 0.29) is 24.2 Å². The minimum Gasteiger partial charge on any atom is -0.466 e. The van der Waals surface area contributed by atoms with E-state index in [1.807, 2.05) is 49.4 Å². The molecule has 1 aliphatic heterocycles. The normalized spacial score (nSPS) is 14.3. The highest BCUT2D eigenvalue weighted by atomic mass is 35.5. The Morgan fingerprint density at radius 3 is 2.56 bits per heavy atom. The summed E-state index contributed by atoms with van der Waals surface area (Å²) < 4.78 is 5.16. The van der Waals surface area contributed by atoms with Gasteiger partial charge in [-0.25, -0.2) is 4.98 Å². The molecule has 1 N–H and O–H groups in total. The number of ether oxygens (including phenoxy) is 1. The molecular weight excluding hydrogens is 473 g/mol. The van der Waals surface area contributed by atoms with Gasteiger partial charge in [0.15, 0.2) is 0 Å². The van der Waals surface area contributed by atoms with Gasteiger partial charge in [-0.2, -0.15) is 0 Å². The average Bonchev–Trinajstić information content (AvgIpc) is 2.85. The minimum atomic E-state index is -0.139. The summed E-state index contributed by atoms with van der Waals surface area (Å²) in [5, 5.41) is 4.85. The van der Waals surface area contributed by atoms with Gasteiger partial charge in [0.1, 0.15) is 5.82 Å². The number of piperidine rings is 1. The molecule has 178 valence electrons. The van der Waals surface area contributed by atoms with Gasteiger partial charge in [0.05, 0.1) is 28.8 Å². The highest BCUT2D eigenvalue weighted by Crippen LogP contribution is 2.33. The fourth-order valence-electron chi connectivity index (χ4n) is 4.23. The Labute approximate surface area is 209 Å². The van der Waals surface area contributed by atoms with Crippen LogP contribution in [0.5, 0.6) is 0 Å². The Balaban J connectivity index is 1.45. The fourth-order valence-corrected chi connectivity index (χ4v) is 4.67. The maximum atomic E-state index is 12.7. The molecule has 0 unspecified atom stereocenters. The van der Waals surface area contributed by atoms with E-state index in [0.29, 0.717) is 28.8 Å². The smallest absolute Gasteiger partial charge is 0.309 e. The van der Waals surface area contributed by atoms with Crippen molar-refractivity contribution in [2.75, 3.05) is 29.9 Å². The number of aromatic nitrogens is 1. The van der Waals surface area contributed by atoms with Gasteiger partial charge >= 0.3 is 5.97 Å². The predicted octanol–water partition coefficient (Wildman–Crippen LogP) is 5.89. The molecule has 8 heteroatoms. The van der Waals surface area contributed by atoms with Crippen molar-refractivity contribution in [2.45, 2.75) is 32.6 Å². The molecule has 0 bridgehead atoms. The number of aryl methyl sites for hydroxylation is 1. The highest BCUT2D eigenvalue weighted by molar-refractivity contribution is 6.35. The molecule has 4 rings (SSSR count). The van der Waals surface area contributed by atoms with Gasteiger partial charge in [-0.15, -0.1) is 0 Å². The van der Waals surface area contributed by atoms with Crippen molar-refractivity contribution in [1.29, 1.82) is 0 Å². The lowest BCUT2D eigenvalue weighted by Crippen LogP contribution is -2.37. The lowest BCUT2D eigenvalue weighted by Gasteiger charge is -2.31. The standard InChI is InChI=1S/C26H27Cl2N3O3/c1-2-34-26(33)18-13-15-31(16-14-18)23-11-8-19-22(29-23)10-9-21(28)25(19)30-24(32)12-7-17-5-3-4-6-20(17)27/h3-6,8-11,18H,2,7,12-16H2,1H3,(H,30,32). The molecule has 1 fully saturated rings. The molecule has 34 heavy (non-hydrogen) atoms. The van der Waals surface area contributed by atoms with Crippen LogP contribution >= 0.6 is 23.2 Å². The van der Waals surface area contributed by atoms with Crippen LogP contribution in [0.2, 0.25) is 10.0 Å². The summed E-state index contributed by atoms with van der Waals surface area (Å²) in [7, 11) is 0.